The average Bonchev–Trinajstić information content (AvgIpc) is 3.09. The zero-order valence-corrected chi connectivity index (χ0v) is 15.7. The fourth-order valence-electron chi connectivity index (χ4n) is 3.22. The Labute approximate surface area is 156 Å². The van der Waals surface area contributed by atoms with E-state index in [0.29, 0.717) is 19.2 Å². The predicted molar refractivity (Wildman–Crippen MR) is 102 cm³/mol. The third kappa shape index (κ3) is 3.41. The van der Waals surface area contributed by atoms with Gasteiger partial charge in [-0.2, -0.15) is 21.8 Å². The fraction of sp³-hybridized carbons (Fsp3) is 0.529. The fourth-order valence-corrected chi connectivity index (χ4v) is 4.17. The molecule has 0 aliphatic carbocycles. The summed E-state index contributed by atoms with van der Waals surface area (Å²) in [6, 6.07) is 3.30. The molecular weight excluding hydrogens is 352 g/mol. The molecule has 26 heavy (non-hydrogen) atoms. The highest BCUT2D eigenvalue weighted by Crippen LogP contribution is 2.24. The molecule has 1 saturated heterocycles. The van der Waals surface area contributed by atoms with E-state index in [1.54, 1.807) is 16.9 Å². The summed E-state index contributed by atoms with van der Waals surface area (Å²) in [6.07, 6.45) is 2.62. The minimum absolute atomic E-state index is 0.0727. The Bertz CT molecular complexity index is 855. The van der Waals surface area contributed by atoms with Crippen LogP contribution in [-0.2, 0) is 16.9 Å². The highest BCUT2D eigenvalue weighted by molar-refractivity contribution is 7.98. The van der Waals surface area contributed by atoms with Crippen LogP contribution in [0.4, 0.5) is 11.8 Å². The van der Waals surface area contributed by atoms with Crippen LogP contribution < -0.4 is 15.8 Å². The first-order chi connectivity index (χ1) is 12.6. The third-order valence-corrected chi connectivity index (χ3v) is 5.65. The van der Waals surface area contributed by atoms with Crippen LogP contribution in [-0.4, -0.2) is 58.9 Å². The van der Waals surface area contributed by atoms with Crippen molar-refractivity contribution in [1.29, 1.82) is 0 Å². The molecular formula is C17H22N6O2S. The summed E-state index contributed by atoms with van der Waals surface area (Å²) in [7, 11) is 3.87. The number of anilines is 2. The number of nitrogens with zero attached hydrogens (tertiary/aromatic N) is 5. The van der Waals surface area contributed by atoms with Gasteiger partial charge >= 0.3 is 0 Å². The SMILES string of the molecule is CN(C)c1ccnc(NC2COCC2n2nc3c(cc2=O)CSCC3)n1. The number of aromatic nitrogens is 4. The lowest BCUT2D eigenvalue weighted by Crippen LogP contribution is -2.38. The molecule has 2 aromatic rings. The molecule has 1 fully saturated rings. The van der Waals surface area contributed by atoms with Crippen LogP contribution in [0, 0.1) is 0 Å². The molecule has 2 unspecified atom stereocenters. The van der Waals surface area contributed by atoms with Crippen LogP contribution in [0.3, 0.4) is 0 Å². The van der Waals surface area contributed by atoms with E-state index in [1.165, 1.54) is 0 Å². The van der Waals surface area contributed by atoms with Gasteiger partial charge in [0.25, 0.3) is 5.56 Å². The maximum Gasteiger partial charge on any atom is 0.267 e. The van der Waals surface area contributed by atoms with E-state index >= 15 is 0 Å². The molecule has 4 heterocycles. The number of fused-ring (bicyclic) bond motifs is 1. The molecule has 0 bridgehead atoms. The number of thioether (sulfide) groups is 1. The van der Waals surface area contributed by atoms with Crippen LogP contribution in [0.15, 0.2) is 23.1 Å². The minimum Gasteiger partial charge on any atom is -0.377 e. The summed E-state index contributed by atoms with van der Waals surface area (Å²) in [5.41, 5.74) is 2.02. The molecule has 0 saturated carbocycles. The van der Waals surface area contributed by atoms with E-state index < -0.39 is 0 Å². The van der Waals surface area contributed by atoms with Gasteiger partial charge in [-0.3, -0.25) is 4.79 Å². The second-order valence-electron chi connectivity index (χ2n) is 6.69. The number of hydrogen-bond acceptors (Lipinski definition) is 8. The summed E-state index contributed by atoms with van der Waals surface area (Å²) >= 11 is 1.84. The van der Waals surface area contributed by atoms with Gasteiger partial charge in [-0.15, -0.1) is 0 Å². The van der Waals surface area contributed by atoms with Gasteiger partial charge in [0.05, 0.1) is 24.9 Å². The molecule has 2 aliphatic rings. The lowest BCUT2D eigenvalue weighted by atomic mass is 10.1. The second-order valence-corrected chi connectivity index (χ2v) is 7.80. The lowest BCUT2D eigenvalue weighted by Gasteiger charge is -2.23. The van der Waals surface area contributed by atoms with Gasteiger partial charge in [-0.05, 0) is 17.4 Å². The normalized spacial score (nSPS) is 22.1. The summed E-state index contributed by atoms with van der Waals surface area (Å²) in [4.78, 5) is 23.3. The maximum absolute atomic E-state index is 12.6. The van der Waals surface area contributed by atoms with Crippen molar-refractivity contribution in [2.45, 2.75) is 24.3 Å². The van der Waals surface area contributed by atoms with Crippen LogP contribution in [0.1, 0.15) is 17.3 Å². The first-order valence-corrected chi connectivity index (χ1v) is 9.81. The smallest absolute Gasteiger partial charge is 0.267 e. The van der Waals surface area contributed by atoms with Crippen molar-refractivity contribution in [3.63, 3.8) is 0 Å². The Balaban J connectivity index is 1.59. The molecule has 9 heteroatoms. The average molecular weight is 374 g/mol. The van der Waals surface area contributed by atoms with Gasteiger partial charge in [-0.25, -0.2) is 9.67 Å². The maximum atomic E-state index is 12.6. The summed E-state index contributed by atoms with van der Waals surface area (Å²) in [6.45, 7) is 0.937. The Morgan fingerprint density at radius 2 is 2.27 bits per heavy atom. The van der Waals surface area contributed by atoms with Crippen LogP contribution in [0.2, 0.25) is 0 Å². The van der Waals surface area contributed by atoms with Crippen molar-refractivity contribution in [2.75, 3.05) is 43.3 Å². The number of hydrogen-bond donors (Lipinski definition) is 1. The number of rotatable bonds is 4. The molecule has 2 aromatic heterocycles. The Morgan fingerprint density at radius 3 is 3.12 bits per heavy atom. The molecule has 0 radical (unpaired) electrons. The van der Waals surface area contributed by atoms with Crippen LogP contribution in [0.5, 0.6) is 0 Å². The quantitative estimate of drug-likeness (QED) is 0.846. The number of nitrogens with one attached hydrogen (secondary N) is 1. The topological polar surface area (TPSA) is 85.2 Å². The zero-order chi connectivity index (χ0) is 18.1. The monoisotopic (exact) mass is 374 g/mol. The van der Waals surface area contributed by atoms with Crippen molar-refractivity contribution in [2.24, 2.45) is 0 Å². The number of aryl methyl sites for hydroxylation is 1. The van der Waals surface area contributed by atoms with Gasteiger partial charge in [0.1, 0.15) is 11.9 Å². The minimum atomic E-state index is -0.172. The molecule has 8 nitrogen and oxygen atoms in total. The van der Waals surface area contributed by atoms with E-state index in [-0.39, 0.29) is 17.6 Å². The van der Waals surface area contributed by atoms with E-state index in [9.17, 15) is 4.79 Å². The van der Waals surface area contributed by atoms with E-state index in [0.717, 1.165) is 35.0 Å². The zero-order valence-electron chi connectivity index (χ0n) is 14.9. The highest BCUT2D eigenvalue weighted by atomic mass is 32.2. The standard InChI is InChI=1S/C17H22N6O2S/c1-22(2)15-3-5-18-17(20-15)19-13-8-25-9-14(13)23-16(24)7-11-10-26-6-4-12(11)21-23/h3,5,7,13-14H,4,6,8-10H2,1-2H3,(H,18,19,20). The van der Waals surface area contributed by atoms with Gasteiger partial charge in [-0.1, -0.05) is 0 Å². The summed E-state index contributed by atoms with van der Waals surface area (Å²) in [5.74, 6) is 3.26. The van der Waals surface area contributed by atoms with Crippen LogP contribution in [0.25, 0.3) is 0 Å². The van der Waals surface area contributed by atoms with Crippen molar-refractivity contribution in [3.05, 3.63) is 39.9 Å². The first-order valence-electron chi connectivity index (χ1n) is 8.66. The van der Waals surface area contributed by atoms with Gasteiger partial charge in [0, 0.05) is 38.5 Å². The van der Waals surface area contributed by atoms with E-state index in [4.69, 9.17) is 4.74 Å². The molecule has 138 valence electrons. The van der Waals surface area contributed by atoms with Gasteiger partial charge < -0.3 is 15.0 Å². The van der Waals surface area contributed by atoms with Crippen molar-refractivity contribution in [3.8, 4) is 0 Å². The van der Waals surface area contributed by atoms with Crippen molar-refractivity contribution >= 4 is 23.5 Å². The third-order valence-electron chi connectivity index (χ3n) is 4.64. The Kier molecular flexibility index (Phi) is 4.82. The molecule has 2 aliphatic heterocycles. The summed E-state index contributed by atoms with van der Waals surface area (Å²) < 4.78 is 7.22. The van der Waals surface area contributed by atoms with Gasteiger partial charge in [0.15, 0.2) is 0 Å². The Morgan fingerprint density at radius 1 is 1.38 bits per heavy atom. The predicted octanol–water partition coefficient (Wildman–Crippen LogP) is 0.941. The molecule has 0 spiro atoms. The molecule has 2 atom stereocenters. The van der Waals surface area contributed by atoms with Crippen molar-refractivity contribution < 1.29 is 4.74 Å². The molecule has 1 N–H and O–H groups in total. The van der Waals surface area contributed by atoms with E-state index in [1.807, 2.05) is 36.8 Å². The second kappa shape index (κ2) is 7.24. The highest BCUT2D eigenvalue weighted by Gasteiger charge is 2.32. The molecule has 0 amide bonds. The first kappa shape index (κ1) is 17.3. The van der Waals surface area contributed by atoms with E-state index in [2.05, 4.69) is 20.4 Å². The van der Waals surface area contributed by atoms with Crippen molar-refractivity contribution in [1.82, 2.24) is 19.7 Å². The van der Waals surface area contributed by atoms with Gasteiger partial charge in [0.2, 0.25) is 5.95 Å². The largest absolute Gasteiger partial charge is 0.377 e. The molecule has 0 aromatic carbocycles. The van der Waals surface area contributed by atoms with Crippen LogP contribution >= 0.6 is 11.8 Å². The Hall–Kier alpha value is -2.13. The summed E-state index contributed by atoms with van der Waals surface area (Å²) in [5, 5.41) is 7.97. The number of ether oxygens (including phenoxy) is 1. The lowest BCUT2D eigenvalue weighted by molar-refractivity contribution is 0.182. The molecule has 4 rings (SSSR count).